The first kappa shape index (κ1) is 20.6. The van der Waals surface area contributed by atoms with E-state index in [0.29, 0.717) is 12.5 Å². The number of rotatable bonds is 6. The van der Waals surface area contributed by atoms with Gasteiger partial charge >= 0.3 is 0 Å². The molecule has 5 heteroatoms. The lowest BCUT2D eigenvalue weighted by molar-refractivity contribution is -0.899. The summed E-state index contributed by atoms with van der Waals surface area (Å²) in [6.07, 6.45) is 4.46. The summed E-state index contributed by atoms with van der Waals surface area (Å²) in [4.78, 5) is 20.3. The molecule has 4 rings (SSSR count). The molecule has 0 radical (unpaired) electrons. The first-order chi connectivity index (χ1) is 14.8. The second-order valence-electron chi connectivity index (χ2n) is 8.40. The third-order valence-electron chi connectivity index (χ3n) is 6.33. The quantitative estimate of drug-likeness (QED) is 0.699. The van der Waals surface area contributed by atoms with Crippen LogP contribution in [0.15, 0.2) is 66.7 Å². The normalized spacial score (nSPS) is 18.8. The minimum absolute atomic E-state index is 0.331. The number of nitrogens with one attached hydrogen (secondary N) is 2. The Bertz CT molecular complexity index is 808. The van der Waals surface area contributed by atoms with Crippen molar-refractivity contribution in [2.24, 2.45) is 0 Å². The number of quaternary nitrogens is 2. The average Bonchev–Trinajstić information content (AvgIpc) is 2.81. The highest BCUT2D eigenvalue weighted by Crippen LogP contribution is 2.12. The maximum Gasteiger partial charge on any atom is 0.278 e. The van der Waals surface area contributed by atoms with Gasteiger partial charge in [0.15, 0.2) is 6.54 Å². The zero-order valence-corrected chi connectivity index (χ0v) is 17.8. The predicted molar refractivity (Wildman–Crippen MR) is 122 cm³/mol. The van der Waals surface area contributed by atoms with E-state index in [9.17, 15) is 4.79 Å². The smallest absolute Gasteiger partial charge is 0.278 e. The third-order valence-corrected chi connectivity index (χ3v) is 6.33. The maximum absolute atomic E-state index is 12.8. The zero-order valence-electron chi connectivity index (χ0n) is 17.8. The van der Waals surface area contributed by atoms with E-state index in [1.54, 1.807) is 4.90 Å². The van der Waals surface area contributed by atoms with E-state index >= 15 is 0 Å². The molecule has 0 saturated carbocycles. The van der Waals surface area contributed by atoms with Crippen LogP contribution in [-0.4, -0.2) is 76.3 Å². The van der Waals surface area contributed by atoms with Gasteiger partial charge in [-0.3, -0.25) is 4.79 Å². The lowest BCUT2D eigenvalue weighted by Crippen LogP contribution is -3.16. The molecule has 1 amide bonds. The Balaban J connectivity index is 1.16. The highest BCUT2D eigenvalue weighted by Gasteiger charge is 2.28. The van der Waals surface area contributed by atoms with Crippen LogP contribution >= 0.6 is 0 Å². The molecule has 0 bridgehead atoms. The van der Waals surface area contributed by atoms with Crippen LogP contribution < -0.4 is 14.7 Å². The number of benzene rings is 2. The highest BCUT2D eigenvalue weighted by molar-refractivity contribution is 5.77. The first-order valence-electron chi connectivity index (χ1n) is 11.2. The van der Waals surface area contributed by atoms with Gasteiger partial charge in [0.25, 0.3) is 5.91 Å². The minimum atomic E-state index is 0.331. The van der Waals surface area contributed by atoms with Crippen LogP contribution in [0.4, 0.5) is 5.69 Å². The Hall–Kier alpha value is -2.63. The molecule has 0 aromatic heterocycles. The van der Waals surface area contributed by atoms with Crippen molar-refractivity contribution in [2.75, 3.05) is 70.3 Å². The number of nitrogens with zero attached hydrogens (tertiary/aromatic N) is 2. The van der Waals surface area contributed by atoms with Gasteiger partial charge in [-0.2, -0.15) is 0 Å². The SMILES string of the molecule is O=C(C[NH+]1CCN(c2ccccc2)CC1)N1CC[NH+](C/C=C/c2ccccc2)CC1. The molecule has 0 unspecified atom stereocenters. The maximum atomic E-state index is 12.8. The molecule has 158 valence electrons. The summed E-state index contributed by atoms with van der Waals surface area (Å²) in [5.41, 5.74) is 2.55. The number of piperazine rings is 2. The number of hydrogen-bond acceptors (Lipinski definition) is 2. The van der Waals surface area contributed by atoms with Crippen molar-refractivity contribution in [3.05, 3.63) is 72.3 Å². The number of carbonyl (C=O) groups excluding carboxylic acids is 1. The largest absolute Gasteiger partial charge is 0.360 e. The van der Waals surface area contributed by atoms with Crippen LogP contribution in [0.25, 0.3) is 6.08 Å². The van der Waals surface area contributed by atoms with Gasteiger partial charge in [0.2, 0.25) is 0 Å². The van der Waals surface area contributed by atoms with E-state index in [1.165, 1.54) is 16.2 Å². The standard InChI is InChI=1S/C25H32N4O/c30-25(22-27-16-18-28(19-17-27)24-11-5-2-6-12-24)29-20-14-26(15-21-29)13-7-10-23-8-3-1-4-9-23/h1-12H,13-22H2/p+2/b10-7+. The highest BCUT2D eigenvalue weighted by atomic mass is 16.2. The number of para-hydroxylation sites is 1. The van der Waals surface area contributed by atoms with Crippen LogP contribution in [0.5, 0.6) is 0 Å². The number of amides is 1. The lowest BCUT2D eigenvalue weighted by atomic mass is 10.2. The fourth-order valence-electron chi connectivity index (χ4n) is 4.42. The molecule has 2 aromatic rings. The van der Waals surface area contributed by atoms with E-state index in [1.807, 2.05) is 6.07 Å². The monoisotopic (exact) mass is 406 g/mol. The second kappa shape index (κ2) is 10.4. The molecular weight excluding hydrogens is 372 g/mol. The Kier molecular flexibility index (Phi) is 7.16. The summed E-state index contributed by atoms with van der Waals surface area (Å²) in [5, 5.41) is 0. The summed E-state index contributed by atoms with van der Waals surface area (Å²) >= 11 is 0. The van der Waals surface area contributed by atoms with Crippen molar-refractivity contribution in [1.29, 1.82) is 0 Å². The molecule has 2 aromatic carbocycles. The number of anilines is 1. The second-order valence-corrected chi connectivity index (χ2v) is 8.40. The summed E-state index contributed by atoms with van der Waals surface area (Å²) in [6, 6.07) is 21.0. The van der Waals surface area contributed by atoms with E-state index in [2.05, 4.69) is 76.5 Å². The Labute approximate surface area is 180 Å². The molecule has 2 aliphatic rings. The summed E-state index contributed by atoms with van der Waals surface area (Å²) in [7, 11) is 0. The third kappa shape index (κ3) is 5.71. The fraction of sp³-hybridized carbons (Fsp3) is 0.400. The Morgan fingerprint density at radius 3 is 2.07 bits per heavy atom. The van der Waals surface area contributed by atoms with E-state index in [0.717, 1.165) is 58.9 Å². The Morgan fingerprint density at radius 1 is 0.800 bits per heavy atom. The predicted octanol–water partition coefficient (Wildman–Crippen LogP) is -0.168. The van der Waals surface area contributed by atoms with Crippen molar-refractivity contribution >= 4 is 17.7 Å². The van der Waals surface area contributed by atoms with E-state index in [4.69, 9.17) is 0 Å². The van der Waals surface area contributed by atoms with Crippen molar-refractivity contribution in [1.82, 2.24) is 4.90 Å². The van der Waals surface area contributed by atoms with Crippen LogP contribution in [0.3, 0.4) is 0 Å². The van der Waals surface area contributed by atoms with Gasteiger partial charge in [-0.05, 0) is 23.8 Å². The fourth-order valence-corrected chi connectivity index (χ4v) is 4.42. The molecular formula is C25H34N4O+2. The van der Waals surface area contributed by atoms with Crippen molar-refractivity contribution in [3.8, 4) is 0 Å². The van der Waals surface area contributed by atoms with Crippen LogP contribution in [0, 0.1) is 0 Å². The van der Waals surface area contributed by atoms with Crippen LogP contribution in [0.1, 0.15) is 5.56 Å². The molecule has 2 heterocycles. The topological polar surface area (TPSA) is 32.4 Å². The first-order valence-corrected chi connectivity index (χ1v) is 11.2. The lowest BCUT2D eigenvalue weighted by Gasteiger charge is -2.35. The molecule has 2 aliphatic heterocycles. The molecule has 0 aliphatic carbocycles. The van der Waals surface area contributed by atoms with Crippen molar-refractivity contribution in [2.45, 2.75) is 0 Å². The van der Waals surface area contributed by atoms with E-state index in [-0.39, 0.29) is 0 Å². The number of carbonyl (C=O) groups is 1. The minimum Gasteiger partial charge on any atom is -0.360 e. The van der Waals surface area contributed by atoms with Gasteiger partial charge < -0.3 is 19.6 Å². The number of hydrogen-bond donors (Lipinski definition) is 2. The zero-order chi connectivity index (χ0) is 20.6. The van der Waals surface area contributed by atoms with Gasteiger partial charge in [0.1, 0.15) is 0 Å². The summed E-state index contributed by atoms with van der Waals surface area (Å²) in [5.74, 6) is 0.331. The summed E-state index contributed by atoms with van der Waals surface area (Å²) in [6.45, 7) is 9.66. The van der Waals surface area contributed by atoms with Gasteiger partial charge in [-0.1, -0.05) is 54.6 Å². The molecule has 5 nitrogen and oxygen atoms in total. The molecule has 2 N–H and O–H groups in total. The molecule has 2 fully saturated rings. The molecule has 0 spiro atoms. The van der Waals surface area contributed by atoms with E-state index < -0.39 is 0 Å². The average molecular weight is 407 g/mol. The van der Waals surface area contributed by atoms with Gasteiger partial charge in [0, 0.05) is 5.69 Å². The van der Waals surface area contributed by atoms with Gasteiger partial charge in [0.05, 0.1) is 58.9 Å². The summed E-state index contributed by atoms with van der Waals surface area (Å²) < 4.78 is 0. The van der Waals surface area contributed by atoms with Crippen LogP contribution in [-0.2, 0) is 4.79 Å². The molecule has 0 atom stereocenters. The van der Waals surface area contributed by atoms with Crippen molar-refractivity contribution in [3.63, 3.8) is 0 Å². The van der Waals surface area contributed by atoms with Gasteiger partial charge in [-0.25, -0.2) is 0 Å². The Morgan fingerprint density at radius 2 is 1.40 bits per heavy atom. The molecule has 30 heavy (non-hydrogen) atoms. The van der Waals surface area contributed by atoms with Crippen molar-refractivity contribution < 1.29 is 14.6 Å². The van der Waals surface area contributed by atoms with Crippen LogP contribution in [0.2, 0.25) is 0 Å². The molecule has 2 saturated heterocycles. The van der Waals surface area contributed by atoms with Gasteiger partial charge in [-0.15, -0.1) is 0 Å².